The third-order valence-electron chi connectivity index (χ3n) is 4.73. The molecule has 4 rings (SSSR count). The summed E-state index contributed by atoms with van der Waals surface area (Å²) in [5.41, 5.74) is 1.87. The number of rotatable bonds is 9. The average Bonchev–Trinajstić information content (AvgIpc) is 3.59. The third-order valence-corrected chi connectivity index (χ3v) is 4.73. The Hall–Kier alpha value is -3.35. The van der Waals surface area contributed by atoms with Crippen molar-refractivity contribution in [1.82, 2.24) is 20.6 Å². The highest BCUT2D eigenvalue weighted by atomic mass is 16.5. The van der Waals surface area contributed by atoms with E-state index in [1.807, 2.05) is 48.5 Å². The predicted octanol–water partition coefficient (Wildman–Crippen LogP) is 3.33. The Balaban J connectivity index is 1.13. The standard InChI is InChI=1S/C22H25N5O2/c28-22(26-14-17-7-10-21(25-13-17)29-15-16-5-6-16)24-12-11-23-20-9-8-18-3-1-2-4-19(18)27-20/h1-4,7-10,13,16H,5-6,11-12,14-15H2,(H,23,27)(H2,24,26,28). The van der Waals surface area contributed by atoms with Crippen molar-refractivity contribution >= 4 is 22.8 Å². The van der Waals surface area contributed by atoms with Gasteiger partial charge >= 0.3 is 6.03 Å². The Bertz CT molecular complexity index is 957. The number of carbonyl (C=O) groups excluding carboxylic acids is 1. The van der Waals surface area contributed by atoms with Gasteiger partial charge in [-0.2, -0.15) is 0 Å². The molecule has 1 aliphatic rings. The van der Waals surface area contributed by atoms with Crippen molar-refractivity contribution in [2.75, 3.05) is 25.0 Å². The van der Waals surface area contributed by atoms with Gasteiger partial charge in [0.1, 0.15) is 5.82 Å². The molecule has 0 radical (unpaired) electrons. The zero-order chi connectivity index (χ0) is 19.9. The quantitative estimate of drug-likeness (QED) is 0.487. The van der Waals surface area contributed by atoms with Crippen LogP contribution in [0.15, 0.2) is 54.7 Å². The van der Waals surface area contributed by atoms with Crippen LogP contribution in [-0.4, -0.2) is 35.7 Å². The molecule has 3 N–H and O–H groups in total. The maximum atomic E-state index is 11.9. The van der Waals surface area contributed by atoms with E-state index in [-0.39, 0.29) is 6.03 Å². The first-order valence-corrected chi connectivity index (χ1v) is 9.95. The second-order valence-corrected chi connectivity index (χ2v) is 7.18. The number of nitrogens with one attached hydrogen (secondary N) is 3. The van der Waals surface area contributed by atoms with Crippen LogP contribution >= 0.6 is 0 Å². The summed E-state index contributed by atoms with van der Waals surface area (Å²) in [6.45, 7) is 2.25. The number of hydrogen-bond acceptors (Lipinski definition) is 5. The van der Waals surface area contributed by atoms with E-state index in [2.05, 4.69) is 25.9 Å². The number of para-hydroxylation sites is 1. The Morgan fingerprint density at radius 1 is 1.03 bits per heavy atom. The van der Waals surface area contributed by atoms with Gasteiger partial charge in [-0.1, -0.05) is 24.3 Å². The molecule has 1 aliphatic carbocycles. The molecule has 3 aromatic rings. The monoisotopic (exact) mass is 391 g/mol. The SMILES string of the molecule is O=C(NCCNc1ccc2ccccc2n1)NCc1ccc(OCC2CC2)nc1. The molecule has 0 spiro atoms. The highest BCUT2D eigenvalue weighted by molar-refractivity contribution is 5.80. The number of amides is 2. The molecular formula is C22H25N5O2. The smallest absolute Gasteiger partial charge is 0.315 e. The van der Waals surface area contributed by atoms with E-state index in [1.54, 1.807) is 6.20 Å². The van der Waals surface area contributed by atoms with Crippen LogP contribution in [0, 0.1) is 5.92 Å². The van der Waals surface area contributed by atoms with Crippen molar-refractivity contribution in [2.24, 2.45) is 5.92 Å². The lowest BCUT2D eigenvalue weighted by Crippen LogP contribution is -2.37. The molecular weight excluding hydrogens is 366 g/mol. The number of hydrogen-bond donors (Lipinski definition) is 3. The summed E-state index contributed by atoms with van der Waals surface area (Å²) in [7, 11) is 0. The number of nitrogens with zero attached hydrogens (tertiary/aromatic N) is 2. The molecule has 1 saturated carbocycles. The topological polar surface area (TPSA) is 88.2 Å². The van der Waals surface area contributed by atoms with Gasteiger partial charge in [-0.15, -0.1) is 0 Å². The molecule has 7 nitrogen and oxygen atoms in total. The van der Waals surface area contributed by atoms with Gasteiger partial charge in [0.25, 0.3) is 0 Å². The van der Waals surface area contributed by atoms with Crippen molar-refractivity contribution < 1.29 is 9.53 Å². The van der Waals surface area contributed by atoms with Crippen LogP contribution < -0.4 is 20.7 Å². The van der Waals surface area contributed by atoms with Gasteiger partial charge in [0.05, 0.1) is 12.1 Å². The molecule has 2 amide bonds. The highest BCUT2D eigenvalue weighted by Crippen LogP contribution is 2.29. The Morgan fingerprint density at radius 2 is 1.93 bits per heavy atom. The van der Waals surface area contributed by atoms with Crippen LogP contribution in [-0.2, 0) is 6.54 Å². The van der Waals surface area contributed by atoms with Crippen LogP contribution in [0.2, 0.25) is 0 Å². The fourth-order valence-corrected chi connectivity index (χ4v) is 2.86. The zero-order valence-corrected chi connectivity index (χ0v) is 16.2. The minimum Gasteiger partial charge on any atom is -0.477 e. The molecule has 0 atom stereocenters. The number of pyridine rings is 2. The number of aromatic nitrogens is 2. The van der Waals surface area contributed by atoms with Gasteiger partial charge in [-0.05, 0) is 42.5 Å². The largest absolute Gasteiger partial charge is 0.477 e. The molecule has 0 saturated heterocycles. The number of anilines is 1. The summed E-state index contributed by atoms with van der Waals surface area (Å²) < 4.78 is 5.61. The predicted molar refractivity (Wildman–Crippen MR) is 113 cm³/mol. The van der Waals surface area contributed by atoms with Crippen LogP contribution in [0.25, 0.3) is 10.9 Å². The van der Waals surface area contributed by atoms with Crippen molar-refractivity contribution in [3.63, 3.8) is 0 Å². The summed E-state index contributed by atoms with van der Waals surface area (Å²) in [5, 5.41) is 9.98. The van der Waals surface area contributed by atoms with Gasteiger partial charge in [0, 0.05) is 37.3 Å². The fourth-order valence-electron chi connectivity index (χ4n) is 2.86. The minimum atomic E-state index is -0.215. The Labute approximate surface area is 169 Å². The van der Waals surface area contributed by atoms with Crippen molar-refractivity contribution in [3.8, 4) is 5.88 Å². The van der Waals surface area contributed by atoms with Gasteiger partial charge in [-0.3, -0.25) is 0 Å². The summed E-state index contributed by atoms with van der Waals surface area (Å²) in [4.78, 5) is 20.8. The van der Waals surface area contributed by atoms with Crippen molar-refractivity contribution in [2.45, 2.75) is 19.4 Å². The fraction of sp³-hybridized carbons (Fsp3) is 0.318. The lowest BCUT2D eigenvalue weighted by atomic mass is 10.2. The van der Waals surface area contributed by atoms with Crippen LogP contribution in [0.3, 0.4) is 0 Å². The van der Waals surface area contributed by atoms with Crippen molar-refractivity contribution in [1.29, 1.82) is 0 Å². The zero-order valence-electron chi connectivity index (χ0n) is 16.2. The van der Waals surface area contributed by atoms with E-state index in [4.69, 9.17) is 4.74 Å². The number of carbonyl (C=O) groups is 1. The lowest BCUT2D eigenvalue weighted by Gasteiger charge is -2.10. The highest BCUT2D eigenvalue weighted by Gasteiger charge is 2.22. The van der Waals surface area contributed by atoms with Gasteiger partial charge in [-0.25, -0.2) is 14.8 Å². The molecule has 2 heterocycles. The third kappa shape index (κ3) is 5.81. The summed E-state index contributed by atoms with van der Waals surface area (Å²) >= 11 is 0. The van der Waals surface area contributed by atoms with E-state index < -0.39 is 0 Å². The second-order valence-electron chi connectivity index (χ2n) is 7.18. The first-order valence-electron chi connectivity index (χ1n) is 9.95. The van der Waals surface area contributed by atoms with Crippen molar-refractivity contribution in [3.05, 3.63) is 60.3 Å². The second kappa shape index (κ2) is 9.23. The molecule has 150 valence electrons. The number of ether oxygens (including phenoxy) is 1. The number of fused-ring (bicyclic) bond motifs is 1. The molecule has 2 aromatic heterocycles. The molecule has 29 heavy (non-hydrogen) atoms. The normalized spacial score (nSPS) is 13.1. The maximum Gasteiger partial charge on any atom is 0.315 e. The van der Waals surface area contributed by atoms with E-state index in [0.717, 1.165) is 28.9 Å². The molecule has 0 aliphatic heterocycles. The minimum absolute atomic E-state index is 0.215. The van der Waals surface area contributed by atoms with Crippen LogP contribution in [0.1, 0.15) is 18.4 Å². The first kappa shape index (κ1) is 19.0. The number of urea groups is 1. The molecule has 1 aromatic carbocycles. The lowest BCUT2D eigenvalue weighted by molar-refractivity contribution is 0.241. The van der Waals surface area contributed by atoms with E-state index in [9.17, 15) is 4.79 Å². The molecule has 1 fully saturated rings. The average molecular weight is 391 g/mol. The Kier molecular flexibility index (Phi) is 6.04. The summed E-state index contributed by atoms with van der Waals surface area (Å²) in [6.07, 6.45) is 4.24. The summed E-state index contributed by atoms with van der Waals surface area (Å²) in [6, 6.07) is 15.5. The van der Waals surface area contributed by atoms with Crippen LogP contribution in [0.4, 0.5) is 10.6 Å². The molecule has 0 unspecified atom stereocenters. The first-order chi connectivity index (χ1) is 14.3. The van der Waals surface area contributed by atoms with E-state index in [0.29, 0.717) is 31.4 Å². The molecule has 0 bridgehead atoms. The number of benzene rings is 1. The Morgan fingerprint density at radius 3 is 2.76 bits per heavy atom. The maximum absolute atomic E-state index is 11.9. The molecule has 7 heteroatoms. The van der Waals surface area contributed by atoms with Gasteiger partial charge in [0.15, 0.2) is 0 Å². The van der Waals surface area contributed by atoms with Gasteiger partial charge in [0.2, 0.25) is 5.88 Å². The van der Waals surface area contributed by atoms with E-state index >= 15 is 0 Å². The van der Waals surface area contributed by atoms with Crippen LogP contribution in [0.5, 0.6) is 5.88 Å². The van der Waals surface area contributed by atoms with Gasteiger partial charge < -0.3 is 20.7 Å². The summed E-state index contributed by atoms with van der Waals surface area (Å²) in [5.74, 6) is 2.13. The van der Waals surface area contributed by atoms with E-state index in [1.165, 1.54) is 12.8 Å².